The largest absolute Gasteiger partial charge is 0.333 e. The molecular formula is C15H44N2. The van der Waals surface area contributed by atoms with E-state index in [2.05, 4.69) is 39.2 Å². The average molecular weight is 253 g/mol. The van der Waals surface area contributed by atoms with Crippen LogP contribution in [0, 0.1) is 0 Å². The average Bonchev–Trinajstić information content (AvgIpc) is 2.33. The van der Waals surface area contributed by atoms with Crippen molar-refractivity contribution in [1.82, 2.24) is 0 Å². The Balaban J connectivity index is -0.0000000253. The first-order valence-electron chi connectivity index (χ1n) is 6.48. The van der Waals surface area contributed by atoms with Crippen LogP contribution >= 0.6 is 0 Å². The first kappa shape index (κ1) is 36.0. The minimum atomic E-state index is 0. The van der Waals surface area contributed by atoms with Gasteiger partial charge in [-0.2, -0.15) is 0 Å². The summed E-state index contributed by atoms with van der Waals surface area (Å²) in [4.78, 5) is 0. The fourth-order valence-electron chi connectivity index (χ4n) is 0.854. The second-order valence-corrected chi connectivity index (χ2v) is 3.06. The Morgan fingerprint density at radius 3 is 0.706 bits per heavy atom. The Hall–Kier alpha value is -0.0800. The summed E-state index contributed by atoms with van der Waals surface area (Å²) < 4.78 is 0. The third kappa shape index (κ3) is 127. The van der Waals surface area contributed by atoms with Crippen molar-refractivity contribution in [2.24, 2.45) is 11.5 Å². The molecule has 0 fully saturated rings. The fourth-order valence-corrected chi connectivity index (χ4v) is 0.854. The molecule has 17 heavy (non-hydrogen) atoms. The monoisotopic (exact) mass is 252 g/mol. The third-order valence-electron chi connectivity index (χ3n) is 1.66. The molecule has 4 N–H and O–H groups in total. The van der Waals surface area contributed by atoms with Crippen LogP contribution in [0.3, 0.4) is 0 Å². The van der Waals surface area contributed by atoms with Gasteiger partial charge in [0.25, 0.3) is 0 Å². The summed E-state index contributed by atoms with van der Waals surface area (Å²) in [5.74, 6) is 0. The smallest absolute Gasteiger partial charge is 0.0195 e. The minimum Gasteiger partial charge on any atom is -0.333 e. The molecular weight excluding hydrogens is 208 g/mol. The van der Waals surface area contributed by atoms with Crippen molar-refractivity contribution >= 4 is 0 Å². The quantitative estimate of drug-likeness (QED) is 0.660. The van der Waals surface area contributed by atoms with Crippen LogP contribution in [-0.4, -0.2) is 14.1 Å². The fraction of sp³-hybridized carbons (Fsp3) is 1.00. The molecule has 0 saturated carbocycles. The number of hydrogen-bond acceptors (Lipinski definition) is 2. The molecule has 0 aromatic rings. The van der Waals surface area contributed by atoms with Crippen LogP contribution in [0.25, 0.3) is 0 Å². The molecule has 2 nitrogen and oxygen atoms in total. The number of nitrogens with two attached hydrogens (primary N) is 2. The molecule has 0 rings (SSSR count). The number of unbranched alkanes of at least 4 members (excludes halogenated alkanes) is 5. The summed E-state index contributed by atoms with van der Waals surface area (Å²) in [5.41, 5.74) is 9.00. The van der Waals surface area contributed by atoms with Crippen molar-refractivity contribution in [3.63, 3.8) is 0 Å². The van der Waals surface area contributed by atoms with Crippen molar-refractivity contribution in [3.8, 4) is 0 Å². The summed E-state index contributed by atoms with van der Waals surface area (Å²) in [6.45, 7) is 8.89. The molecule has 2 heteroatoms. The molecule has 114 valence electrons. The van der Waals surface area contributed by atoms with E-state index in [1.165, 1.54) is 59.0 Å². The topological polar surface area (TPSA) is 52.0 Å². The summed E-state index contributed by atoms with van der Waals surface area (Å²) in [5, 5.41) is 0. The Morgan fingerprint density at radius 1 is 0.471 bits per heavy atom. The lowest BCUT2D eigenvalue weighted by molar-refractivity contribution is 0.702. The van der Waals surface area contributed by atoms with E-state index in [1.54, 1.807) is 0 Å². The highest BCUT2D eigenvalue weighted by atomic mass is 14.4. The molecule has 0 unspecified atom stereocenters. The highest BCUT2D eigenvalue weighted by Gasteiger charge is 1.75. The Bertz CT molecular complexity index is 42.2. The van der Waals surface area contributed by atoms with E-state index >= 15 is 0 Å². The second kappa shape index (κ2) is 74.0. The maximum absolute atomic E-state index is 4.50. The van der Waals surface area contributed by atoms with E-state index in [1.807, 2.05) is 0 Å². The van der Waals surface area contributed by atoms with Gasteiger partial charge in [0.2, 0.25) is 0 Å². The maximum Gasteiger partial charge on any atom is -0.0195 e. The zero-order valence-electron chi connectivity index (χ0n) is 12.1. The third-order valence-corrected chi connectivity index (χ3v) is 1.66. The van der Waals surface area contributed by atoms with Gasteiger partial charge in [-0.05, 0) is 14.1 Å². The van der Waals surface area contributed by atoms with Crippen LogP contribution < -0.4 is 11.5 Å². The molecule has 0 aliphatic rings. The molecule has 0 bridgehead atoms. The molecule has 0 aromatic carbocycles. The molecule has 0 amide bonds. The molecule has 0 atom stereocenters. The molecule has 0 heterocycles. The van der Waals surface area contributed by atoms with Gasteiger partial charge in [-0.1, -0.05) is 87.5 Å². The van der Waals surface area contributed by atoms with Gasteiger partial charge in [-0.3, -0.25) is 0 Å². The molecule has 0 saturated heterocycles. The zero-order valence-corrected chi connectivity index (χ0v) is 12.1. The first-order valence-corrected chi connectivity index (χ1v) is 6.48. The maximum atomic E-state index is 4.50. The van der Waals surface area contributed by atoms with E-state index in [-0.39, 0.29) is 14.9 Å². The van der Waals surface area contributed by atoms with Gasteiger partial charge in [0.15, 0.2) is 0 Å². The van der Waals surface area contributed by atoms with Crippen LogP contribution in [0.1, 0.15) is 87.5 Å². The van der Waals surface area contributed by atoms with Crippen LogP contribution in [-0.2, 0) is 0 Å². The predicted octanol–water partition coefficient (Wildman–Crippen LogP) is 5.21. The minimum absolute atomic E-state index is 0. The van der Waals surface area contributed by atoms with Crippen LogP contribution in [0.15, 0.2) is 0 Å². The summed E-state index contributed by atoms with van der Waals surface area (Å²) in [7, 11) is 3.00. The number of rotatable bonds is 5. The van der Waals surface area contributed by atoms with Gasteiger partial charge < -0.3 is 11.5 Å². The molecule has 0 aromatic heterocycles. The lowest BCUT2D eigenvalue weighted by atomic mass is 10.2. The van der Waals surface area contributed by atoms with Gasteiger partial charge in [-0.15, -0.1) is 0 Å². The summed E-state index contributed by atoms with van der Waals surface area (Å²) in [6.07, 6.45) is 9.61. The molecule has 0 radical (unpaired) electrons. The van der Waals surface area contributed by atoms with Crippen molar-refractivity contribution in [2.75, 3.05) is 14.1 Å². The molecule has 0 spiro atoms. The second-order valence-electron chi connectivity index (χ2n) is 3.06. The van der Waals surface area contributed by atoms with E-state index < -0.39 is 0 Å². The van der Waals surface area contributed by atoms with Crippen LogP contribution in [0.4, 0.5) is 0 Å². The molecule has 0 aliphatic heterocycles. The van der Waals surface area contributed by atoms with Gasteiger partial charge in [-0.25, -0.2) is 0 Å². The van der Waals surface area contributed by atoms with Gasteiger partial charge >= 0.3 is 0 Å². The summed E-state index contributed by atoms with van der Waals surface area (Å²) >= 11 is 0. The Morgan fingerprint density at radius 2 is 0.647 bits per heavy atom. The highest BCUT2D eigenvalue weighted by molar-refractivity contribution is 4.31. The van der Waals surface area contributed by atoms with Gasteiger partial charge in [0.1, 0.15) is 0 Å². The van der Waals surface area contributed by atoms with Crippen LogP contribution in [0.5, 0.6) is 0 Å². The standard InChI is InChI=1S/C6H14.C5H12.2CH5N.2CH4/c1-3-5-6-4-2;1-3-5-4-2;2*1-2;;/h3-6H2,1-2H3;3-5H2,1-2H3;2*2H2,1H3;2*1H4. The molecule has 0 aliphatic carbocycles. The SMILES string of the molecule is C.C.CCCCC.CCCCCC.CN.CN. The van der Waals surface area contributed by atoms with Crippen molar-refractivity contribution < 1.29 is 0 Å². The van der Waals surface area contributed by atoms with Gasteiger partial charge in [0, 0.05) is 0 Å². The van der Waals surface area contributed by atoms with Crippen molar-refractivity contribution in [2.45, 2.75) is 87.5 Å². The van der Waals surface area contributed by atoms with E-state index in [0.29, 0.717) is 0 Å². The van der Waals surface area contributed by atoms with E-state index in [9.17, 15) is 0 Å². The van der Waals surface area contributed by atoms with Crippen molar-refractivity contribution in [3.05, 3.63) is 0 Å². The number of hydrogen-bond donors (Lipinski definition) is 2. The van der Waals surface area contributed by atoms with E-state index in [4.69, 9.17) is 0 Å². The lowest BCUT2D eigenvalue weighted by Crippen LogP contribution is -1.69. The van der Waals surface area contributed by atoms with Crippen molar-refractivity contribution in [1.29, 1.82) is 0 Å². The Kier molecular flexibility index (Phi) is 157. The summed E-state index contributed by atoms with van der Waals surface area (Å²) in [6, 6.07) is 0. The van der Waals surface area contributed by atoms with E-state index in [0.717, 1.165) is 0 Å². The first-order chi connectivity index (χ1) is 7.33. The van der Waals surface area contributed by atoms with Gasteiger partial charge in [0.05, 0.1) is 0 Å². The normalized spacial score (nSPS) is 6.35. The Labute approximate surface area is 114 Å². The lowest BCUT2D eigenvalue weighted by Gasteiger charge is -1.86. The highest BCUT2D eigenvalue weighted by Crippen LogP contribution is 1.95. The van der Waals surface area contributed by atoms with Crippen LogP contribution in [0.2, 0.25) is 0 Å². The zero-order chi connectivity index (χ0) is 12.9. The predicted molar refractivity (Wildman–Crippen MR) is 88.7 cm³/mol.